The Morgan fingerprint density at radius 1 is 0.667 bits per heavy atom. The van der Waals surface area contributed by atoms with Crippen LogP contribution in [-0.2, 0) is 11.5 Å². The summed E-state index contributed by atoms with van der Waals surface area (Å²) in [6.07, 6.45) is 7.71. The first-order valence-corrected chi connectivity index (χ1v) is 16.3. The third kappa shape index (κ3) is 7.59. The van der Waals surface area contributed by atoms with Crippen LogP contribution >= 0.6 is 114 Å². The lowest BCUT2D eigenvalue weighted by atomic mass is 10.00. The predicted octanol–water partition coefficient (Wildman–Crippen LogP) is 8.77. The molecular formula is C22H24I4O2S2. The highest BCUT2D eigenvalue weighted by Crippen LogP contribution is 2.40. The first kappa shape index (κ1) is 26.3. The maximum Gasteiger partial charge on any atom is 0.132 e. The number of halogens is 4. The van der Waals surface area contributed by atoms with Crippen molar-refractivity contribution in [2.75, 3.05) is 0 Å². The molecule has 2 N–H and O–H groups in total. The Morgan fingerprint density at radius 3 is 1.47 bits per heavy atom. The van der Waals surface area contributed by atoms with Crippen molar-refractivity contribution in [2.24, 2.45) is 0 Å². The van der Waals surface area contributed by atoms with Gasteiger partial charge in [-0.2, -0.15) is 23.5 Å². The van der Waals surface area contributed by atoms with E-state index in [1.165, 1.54) is 45.7 Å². The van der Waals surface area contributed by atoms with E-state index in [1.807, 2.05) is 35.7 Å². The van der Waals surface area contributed by atoms with Crippen LogP contribution in [0.4, 0.5) is 0 Å². The minimum absolute atomic E-state index is 0.442. The molecule has 0 amide bonds. The van der Waals surface area contributed by atoms with Crippen LogP contribution in [0.1, 0.15) is 49.7 Å². The van der Waals surface area contributed by atoms with E-state index in [9.17, 15) is 10.2 Å². The zero-order chi connectivity index (χ0) is 21.7. The second-order valence-electron chi connectivity index (χ2n) is 7.48. The molecule has 0 aliphatic heterocycles. The Hall–Kier alpha value is 1.66. The lowest BCUT2D eigenvalue weighted by Gasteiger charge is -2.29. The SMILES string of the molecule is Oc1c(I)cc(I)cc1CS[C@H]1CCCCCC[C@@H]1SCc1cc(I)cc(I)c1O. The van der Waals surface area contributed by atoms with E-state index in [0.29, 0.717) is 22.0 Å². The Labute approximate surface area is 242 Å². The monoisotopic (exact) mass is 892 g/mol. The standard InChI is InChI=1S/C22H24I4O2S2/c23-15-7-13(21(27)17(25)9-15)11-29-19-5-3-1-2-4-6-20(19)30-12-14-8-16(24)10-18(26)22(14)28/h7-10,19-20,27-28H,1-6,11-12H2/t19-,20-/m0/s1. The fourth-order valence-electron chi connectivity index (χ4n) is 3.65. The molecule has 2 aromatic carbocycles. The average Bonchev–Trinajstić information content (AvgIpc) is 2.67. The van der Waals surface area contributed by atoms with Crippen LogP contribution in [0.5, 0.6) is 11.5 Å². The molecular weight excluding hydrogens is 868 g/mol. The summed E-state index contributed by atoms with van der Waals surface area (Å²) in [5.74, 6) is 2.59. The maximum absolute atomic E-state index is 10.5. The van der Waals surface area contributed by atoms with Crippen LogP contribution in [0.15, 0.2) is 24.3 Å². The van der Waals surface area contributed by atoms with Crippen molar-refractivity contribution in [3.05, 3.63) is 49.7 Å². The molecule has 3 rings (SSSR count). The van der Waals surface area contributed by atoms with Gasteiger partial charge in [-0.25, -0.2) is 0 Å². The number of benzene rings is 2. The lowest BCUT2D eigenvalue weighted by molar-refractivity contribution is 0.466. The fourth-order valence-corrected chi connectivity index (χ4v) is 10.6. The topological polar surface area (TPSA) is 40.5 Å². The number of thioether (sulfide) groups is 2. The zero-order valence-corrected chi connectivity index (χ0v) is 26.6. The molecule has 2 atom stereocenters. The Morgan fingerprint density at radius 2 is 1.07 bits per heavy atom. The summed E-state index contributed by atoms with van der Waals surface area (Å²) in [5.41, 5.74) is 2.10. The highest BCUT2D eigenvalue weighted by Gasteiger charge is 2.25. The number of aromatic hydroxyl groups is 2. The van der Waals surface area contributed by atoms with Crippen LogP contribution in [0.3, 0.4) is 0 Å². The Kier molecular flexibility index (Phi) is 11.3. The van der Waals surface area contributed by atoms with Gasteiger partial charge in [-0.15, -0.1) is 0 Å². The van der Waals surface area contributed by atoms with Gasteiger partial charge in [-0.3, -0.25) is 0 Å². The van der Waals surface area contributed by atoms with Gasteiger partial charge >= 0.3 is 0 Å². The van der Waals surface area contributed by atoms with Crippen molar-refractivity contribution >= 4 is 114 Å². The van der Waals surface area contributed by atoms with Gasteiger partial charge in [0.05, 0.1) is 7.14 Å². The van der Waals surface area contributed by atoms with Gasteiger partial charge in [0.2, 0.25) is 0 Å². The van der Waals surface area contributed by atoms with Crippen molar-refractivity contribution in [3.63, 3.8) is 0 Å². The molecule has 1 aliphatic carbocycles. The number of phenols is 2. The van der Waals surface area contributed by atoms with Gasteiger partial charge in [0.25, 0.3) is 0 Å². The van der Waals surface area contributed by atoms with Crippen LogP contribution < -0.4 is 0 Å². The van der Waals surface area contributed by atoms with Gasteiger partial charge in [0, 0.05) is 40.3 Å². The molecule has 0 aromatic heterocycles. The normalized spacial score (nSPS) is 20.0. The first-order valence-electron chi connectivity index (χ1n) is 9.92. The van der Waals surface area contributed by atoms with Crippen LogP contribution in [0.25, 0.3) is 0 Å². The average molecular weight is 892 g/mol. The van der Waals surface area contributed by atoms with Crippen molar-refractivity contribution in [3.8, 4) is 11.5 Å². The second-order valence-corrected chi connectivity index (χ2v) is 14.8. The highest BCUT2D eigenvalue weighted by atomic mass is 127. The summed E-state index contributed by atoms with van der Waals surface area (Å²) in [6.45, 7) is 0. The third-order valence-corrected chi connectivity index (χ3v) is 11.3. The minimum atomic E-state index is 0.442. The first-order chi connectivity index (χ1) is 14.3. The van der Waals surface area contributed by atoms with E-state index in [2.05, 4.69) is 102 Å². The summed E-state index contributed by atoms with van der Waals surface area (Å²) >= 11 is 13.1. The molecule has 0 heterocycles. The molecule has 1 saturated carbocycles. The third-order valence-electron chi connectivity index (χ3n) is 5.26. The van der Waals surface area contributed by atoms with E-state index < -0.39 is 0 Å². The van der Waals surface area contributed by atoms with E-state index in [1.54, 1.807) is 0 Å². The molecule has 164 valence electrons. The Balaban J connectivity index is 1.70. The van der Waals surface area contributed by atoms with Gasteiger partial charge in [0.1, 0.15) is 11.5 Å². The van der Waals surface area contributed by atoms with Gasteiger partial charge in [0.15, 0.2) is 0 Å². The van der Waals surface area contributed by atoms with Crippen molar-refractivity contribution in [1.82, 2.24) is 0 Å². The molecule has 2 aromatic rings. The Bertz CT molecular complexity index is 807. The molecule has 0 radical (unpaired) electrons. The highest BCUT2D eigenvalue weighted by molar-refractivity contribution is 14.1. The molecule has 1 aliphatic rings. The number of hydrogen-bond acceptors (Lipinski definition) is 4. The van der Waals surface area contributed by atoms with Crippen LogP contribution in [0, 0.1) is 14.3 Å². The lowest BCUT2D eigenvalue weighted by Crippen LogP contribution is -2.22. The fraction of sp³-hybridized carbons (Fsp3) is 0.455. The number of rotatable bonds is 6. The van der Waals surface area contributed by atoms with E-state index in [-0.39, 0.29) is 0 Å². The number of phenolic OH excluding ortho intramolecular Hbond substituents is 2. The van der Waals surface area contributed by atoms with Gasteiger partial charge in [-0.1, -0.05) is 25.7 Å². The molecule has 8 heteroatoms. The molecule has 2 nitrogen and oxygen atoms in total. The van der Waals surface area contributed by atoms with Crippen molar-refractivity contribution < 1.29 is 10.2 Å². The second kappa shape index (κ2) is 12.9. The largest absolute Gasteiger partial charge is 0.507 e. The smallest absolute Gasteiger partial charge is 0.132 e. The molecule has 0 saturated heterocycles. The molecule has 0 unspecified atom stereocenters. The zero-order valence-electron chi connectivity index (χ0n) is 16.3. The molecule has 1 fully saturated rings. The summed E-state index contributed by atoms with van der Waals surface area (Å²) < 4.78 is 4.22. The van der Waals surface area contributed by atoms with Gasteiger partial charge < -0.3 is 10.2 Å². The molecule has 30 heavy (non-hydrogen) atoms. The summed E-state index contributed by atoms with van der Waals surface area (Å²) in [5, 5.41) is 22.1. The van der Waals surface area contributed by atoms with Crippen LogP contribution in [-0.4, -0.2) is 20.7 Å². The summed E-state index contributed by atoms with van der Waals surface area (Å²) in [4.78, 5) is 0. The summed E-state index contributed by atoms with van der Waals surface area (Å²) in [6, 6.07) is 8.27. The minimum Gasteiger partial charge on any atom is -0.507 e. The van der Waals surface area contributed by atoms with Crippen molar-refractivity contribution in [1.29, 1.82) is 0 Å². The van der Waals surface area contributed by atoms with E-state index in [0.717, 1.165) is 29.8 Å². The van der Waals surface area contributed by atoms with E-state index in [4.69, 9.17) is 0 Å². The van der Waals surface area contributed by atoms with E-state index >= 15 is 0 Å². The predicted molar refractivity (Wildman–Crippen MR) is 165 cm³/mol. The molecule has 0 bridgehead atoms. The molecule has 0 spiro atoms. The summed E-state index contributed by atoms with van der Waals surface area (Å²) in [7, 11) is 0. The quantitative estimate of drug-likeness (QED) is 0.285. The van der Waals surface area contributed by atoms with Gasteiger partial charge in [-0.05, 0) is 127 Å². The number of hydrogen-bond donors (Lipinski definition) is 2. The van der Waals surface area contributed by atoms with Crippen LogP contribution in [0.2, 0.25) is 0 Å². The van der Waals surface area contributed by atoms with Crippen molar-refractivity contribution in [2.45, 2.75) is 60.5 Å². The maximum atomic E-state index is 10.5.